The number of halogens is 5. The molecule has 7 nitrogen and oxygen atoms in total. The summed E-state index contributed by atoms with van der Waals surface area (Å²) >= 11 is 11.9. The molecular formula is C25H24Cl2F3N5O2. The molecule has 3 aromatic rings. The van der Waals surface area contributed by atoms with Crippen LogP contribution in [0.5, 0.6) is 0 Å². The number of rotatable bonds is 6. The van der Waals surface area contributed by atoms with Gasteiger partial charge in [0.25, 0.3) is 11.5 Å². The van der Waals surface area contributed by atoms with Crippen LogP contribution in [0.25, 0.3) is 0 Å². The fourth-order valence-electron chi connectivity index (χ4n) is 4.18. The van der Waals surface area contributed by atoms with Crippen molar-refractivity contribution in [3.63, 3.8) is 0 Å². The Morgan fingerprint density at radius 2 is 1.86 bits per heavy atom. The zero-order valence-electron chi connectivity index (χ0n) is 20.5. The number of nitrogens with one attached hydrogen (secondary N) is 1. The van der Waals surface area contributed by atoms with Gasteiger partial charge >= 0.3 is 6.18 Å². The minimum Gasteiger partial charge on any atom is -0.374 e. The Morgan fingerprint density at radius 1 is 1.19 bits per heavy atom. The number of hydrogen-bond acceptors (Lipinski definition) is 5. The SMILES string of the molecule is CCn1nc(NC(=O)c2ccc(C3=NOC(c4cc(Cl)cc(Cl)c4)(C(F)(F)F)C3)cc2C)nc1C(C)C. The molecule has 0 radical (unpaired) electrons. The highest BCUT2D eigenvalue weighted by Crippen LogP contribution is 2.49. The lowest BCUT2D eigenvalue weighted by Crippen LogP contribution is -2.42. The van der Waals surface area contributed by atoms with Gasteiger partial charge in [-0.1, -0.05) is 48.3 Å². The van der Waals surface area contributed by atoms with E-state index in [1.54, 1.807) is 17.7 Å². The molecule has 1 atom stereocenters. The van der Waals surface area contributed by atoms with Crippen LogP contribution in [-0.2, 0) is 17.0 Å². The number of carbonyl (C=O) groups excluding carboxylic acids is 1. The Hall–Kier alpha value is -3.11. The van der Waals surface area contributed by atoms with Crippen molar-refractivity contribution >= 4 is 40.8 Å². The fraction of sp³-hybridized carbons (Fsp3) is 0.360. The molecule has 2 aromatic carbocycles. The zero-order valence-corrected chi connectivity index (χ0v) is 22.0. The van der Waals surface area contributed by atoms with Gasteiger partial charge in [-0.3, -0.25) is 10.1 Å². The molecule has 1 amide bonds. The van der Waals surface area contributed by atoms with Gasteiger partial charge in [0.1, 0.15) is 5.82 Å². The highest BCUT2D eigenvalue weighted by atomic mass is 35.5. The molecule has 37 heavy (non-hydrogen) atoms. The summed E-state index contributed by atoms with van der Waals surface area (Å²) < 4.78 is 44.5. The maximum atomic E-state index is 14.3. The molecule has 2 heterocycles. The van der Waals surface area contributed by atoms with Crippen molar-refractivity contribution in [3.8, 4) is 0 Å². The summed E-state index contributed by atoms with van der Waals surface area (Å²) in [5.41, 5.74) is -1.66. The first-order chi connectivity index (χ1) is 17.3. The van der Waals surface area contributed by atoms with Crippen LogP contribution >= 0.6 is 23.2 Å². The fourth-order valence-corrected chi connectivity index (χ4v) is 4.71. The summed E-state index contributed by atoms with van der Waals surface area (Å²) in [4.78, 5) is 22.4. The van der Waals surface area contributed by atoms with Crippen molar-refractivity contribution in [1.29, 1.82) is 0 Å². The van der Waals surface area contributed by atoms with Crippen molar-refractivity contribution < 1.29 is 22.8 Å². The van der Waals surface area contributed by atoms with E-state index in [0.717, 1.165) is 18.0 Å². The van der Waals surface area contributed by atoms with Crippen molar-refractivity contribution in [3.05, 3.63) is 74.5 Å². The molecule has 0 saturated carbocycles. The normalized spacial score (nSPS) is 17.6. The molecule has 0 aliphatic carbocycles. The number of carbonyl (C=O) groups is 1. The molecule has 0 saturated heterocycles. The lowest BCUT2D eigenvalue weighted by molar-refractivity contribution is -0.275. The Labute approximate surface area is 221 Å². The summed E-state index contributed by atoms with van der Waals surface area (Å²) in [5, 5.41) is 10.9. The van der Waals surface area contributed by atoms with E-state index in [1.165, 1.54) is 18.2 Å². The molecule has 0 bridgehead atoms. The smallest absolute Gasteiger partial charge is 0.374 e. The second kappa shape index (κ2) is 9.98. The number of oxime groups is 1. The van der Waals surface area contributed by atoms with Crippen LogP contribution in [0.4, 0.5) is 19.1 Å². The number of nitrogens with zero attached hydrogens (tertiary/aromatic N) is 4. The third kappa shape index (κ3) is 5.17. The third-order valence-electron chi connectivity index (χ3n) is 6.06. The van der Waals surface area contributed by atoms with Crippen molar-refractivity contribution in [2.45, 2.75) is 58.4 Å². The van der Waals surface area contributed by atoms with Gasteiger partial charge in [-0.25, -0.2) is 4.68 Å². The standard InChI is InChI=1S/C25H24Cl2F3N5O2/c1-5-35-21(13(2)3)31-23(33-35)32-22(36)19-7-6-15(8-14(19)4)20-12-24(37-34-20,25(28,29)30)16-9-17(26)11-18(27)10-16/h6-11,13H,5,12H2,1-4H3,(H,32,33,36). The molecule has 0 spiro atoms. The summed E-state index contributed by atoms with van der Waals surface area (Å²) in [6.45, 7) is 8.18. The minimum absolute atomic E-state index is 0.0492. The van der Waals surface area contributed by atoms with E-state index < -0.39 is 24.1 Å². The summed E-state index contributed by atoms with van der Waals surface area (Å²) in [7, 11) is 0. The van der Waals surface area contributed by atoms with Gasteiger partial charge in [-0.15, -0.1) is 5.10 Å². The van der Waals surface area contributed by atoms with Crippen LogP contribution in [0.1, 0.15) is 66.0 Å². The predicted molar refractivity (Wildman–Crippen MR) is 135 cm³/mol. The molecule has 1 aliphatic rings. The maximum Gasteiger partial charge on any atom is 0.435 e. The lowest BCUT2D eigenvalue weighted by Gasteiger charge is -2.29. The first kappa shape index (κ1) is 26.9. The Kier molecular flexibility index (Phi) is 7.27. The quantitative estimate of drug-likeness (QED) is 0.361. The van der Waals surface area contributed by atoms with Gasteiger partial charge in [0.2, 0.25) is 5.95 Å². The van der Waals surface area contributed by atoms with Crippen molar-refractivity contribution in [2.24, 2.45) is 5.16 Å². The third-order valence-corrected chi connectivity index (χ3v) is 6.50. The maximum absolute atomic E-state index is 14.3. The molecule has 1 aromatic heterocycles. The molecule has 0 fully saturated rings. The number of alkyl halides is 3. The van der Waals surface area contributed by atoms with Gasteiger partial charge in [-0.05, 0) is 55.3 Å². The number of benzene rings is 2. The van der Waals surface area contributed by atoms with Gasteiger partial charge in [-0.2, -0.15) is 18.2 Å². The second-order valence-corrected chi connectivity index (χ2v) is 9.91. The first-order valence-corrected chi connectivity index (χ1v) is 12.3. The van der Waals surface area contributed by atoms with Crippen molar-refractivity contribution in [1.82, 2.24) is 14.8 Å². The molecule has 1 unspecified atom stereocenters. The molecule has 1 aliphatic heterocycles. The van der Waals surface area contributed by atoms with Gasteiger partial charge < -0.3 is 4.84 Å². The Balaban J connectivity index is 1.58. The zero-order chi connectivity index (χ0) is 27.1. The second-order valence-electron chi connectivity index (χ2n) is 9.04. The van der Waals surface area contributed by atoms with Crippen LogP contribution in [0.15, 0.2) is 41.6 Å². The summed E-state index contributed by atoms with van der Waals surface area (Å²) in [6.07, 6.45) is -5.39. The molecular weight excluding hydrogens is 530 g/mol. The number of aromatic nitrogens is 3. The molecule has 12 heteroatoms. The van der Waals surface area contributed by atoms with Crippen LogP contribution in [0.2, 0.25) is 10.0 Å². The first-order valence-electron chi connectivity index (χ1n) is 11.5. The molecule has 1 N–H and O–H groups in total. The Morgan fingerprint density at radius 3 is 2.41 bits per heavy atom. The lowest BCUT2D eigenvalue weighted by atomic mass is 9.86. The van der Waals surface area contributed by atoms with E-state index in [0.29, 0.717) is 23.2 Å². The van der Waals surface area contributed by atoms with E-state index in [4.69, 9.17) is 28.0 Å². The largest absolute Gasteiger partial charge is 0.435 e. The van der Waals surface area contributed by atoms with E-state index in [2.05, 4.69) is 20.6 Å². The average Bonchev–Trinajstić information content (AvgIpc) is 3.43. The highest BCUT2D eigenvalue weighted by molar-refractivity contribution is 6.34. The number of anilines is 1. The highest BCUT2D eigenvalue weighted by Gasteiger charge is 2.62. The predicted octanol–water partition coefficient (Wildman–Crippen LogP) is 6.87. The monoisotopic (exact) mass is 553 g/mol. The van der Waals surface area contributed by atoms with Crippen LogP contribution in [0, 0.1) is 6.92 Å². The van der Waals surface area contributed by atoms with Gasteiger partial charge in [0, 0.05) is 40.1 Å². The van der Waals surface area contributed by atoms with E-state index in [-0.39, 0.29) is 33.2 Å². The number of amides is 1. The topological polar surface area (TPSA) is 81.4 Å². The van der Waals surface area contributed by atoms with Gasteiger partial charge in [0.15, 0.2) is 0 Å². The average molecular weight is 554 g/mol. The van der Waals surface area contributed by atoms with E-state index in [9.17, 15) is 18.0 Å². The van der Waals surface area contributed by atoms with E-state index in [1.807, 2.05) is 20.8 Å². The molecule has 196 valence electrons. The number of hydrogen-bond donors (Lipinski definition) is 1. The van der Waals surface area contributed by atoms with Gasteiger partial charge in [0.05, 0.1) is 5.71 Å². The van der Waals surface area contributed by atoms with Crippen molar-refractivity contribution in [2.75, 3.05) is 5.32 Å². The summed E-state index contributed by atoms with van der Waals surface area (Å²) in [6, 6.07) is 8.30. The summed E-state index contributed by atoms with van der Waals surface area (Å²) in [5.74, 6) is 0.622. The Bertz CT molecular complexity index is 1370. The van der Waals surface area contributed by atoms with E-state index >= 15 is 0 Å². The van der Waals surface area contributed by atoms with Crippen LogP contribution in [-0.4, -0.2) is 32.6 Å². The molecule has 4 rings (SSSR count). The minimum atomic E-state index is -4.80. The van der Waals surface area contributed by atoms with Crippen LogP contribution < -0.4 is 5.32 Å². The van der Waals surface area contributed by atoms with Crippen LogP contribution in [0.3, 0.4) is 0 Å². The number of aryl methyl sites for hydroxylation is 2.